The number of thiophene rings is 1. The highest BCUT2D eigenvalue weighted by Gasteiger charge is 2.17. The largest absolute Gasteiger partial charge is 0.310 e. The predicted molar refractivity (Wildman–Crippen MR) is 107 cm³/mol. The van der Waals surface area contributed by atoms with Crippen LogP contribution in [0.15, 0.2) is 34.4 Å². The van der Waals surface area contributed by atoms with Crippen LogP contribution >= 0.6 is 11.3 Å². The van der Waals surface area contributed by atoms with Crippen LogP contribution in [0.2, 0.25) is 0 Å². The molecule has 142 valence electrons. The molecule has 3 aromatic rings. The van der Waals surface area contributed by atoms with Gasteiger partial charge in [-0.1, -0.05) is 33.8 Å². The summed E-state index contributed by atoms with van der Waals surface area (Å²) in [4.78, 5) is 32.6. The van der Waals surface area contributed by atoms with E-state index in [1.54, 1.807) is 17.4 Å². The zero-order valence-electron chi connectivity index (χ0n) is 15.8. The average molecular weight is 385 g/mol. The number of H-pyrrole nitrogens is 1. The Hall–Kier alpha value is -2.74. The molecule has 0 spiro atoms. The van der Waals surface area contributed by atoms with Crippen LogP contribution in [-0.2, 0) is 4.79 Å². The molecule has 3 rings (SSSR count). The van der Waals surface area contributed by atoms with Gasteiger partial charge in [-0.3, -0.25) is 14.6 Å². The van der Waals surface area contributed by atoms with Crippen LogP contribution in [0, 0.1) is 5.92 Å². The molecule has 0 aliphatic rings. The molecule has 0 fully saturated rings. The van der Waals surface area contributed by atoms with Crippen LogP contribution in [0.5, 0.6) is 0 Å². The summed E-state index contributed by atoms with van der Waals surface area (Å²) < 4.78 is 1.49. The number of aromatic amines is 1. The second-order valence-electron chi connectivity index (χ2n) is 7.10. The van der Waals surface area contributed by atoms with Crippen LogP contribution in [0.1, 0.15) is 45.7 Å². The average Bonchev–Trinajstić information content (AvgIpc) is 3.22. The first-order chi connectivity index (χ1) is 12.8. The van der Waals surface area contributed by atoms with Gasteiger partial charge >= 0.3 is 0 Å². The SMILES string of the molecule is CC(C)CC(=O)Nc1cc(-c2cccs2)nn1-c1nc(C(C)C)cc(=O)[nH]1. The van der Waals surface area contributed by atoms with Crippen LogP contribution in [0.3, 0.4) is 0 Å². The van der Waals surface area contributed by atoms with E-state index in [1.165, 1.54) is 10.7 Å². The fourth-order valence-electron chi connectivity index (χ4n) is 2.60. The van der Waals surface area contributed by atoms with E-state index >= 15 is 0 Å². The summed E-state index contributed by atoms with van der Waals surface area (Å²) in [6.45, 7) is 7.91. The number of amides is 1. The Labute approximate surface area is 161 Å². The number of carbonyl (C=O) groups is 1. The summed E-state index contributed by atoms with van der Waals surface area (Å²) in [5.74, 6) is 0.992. The standard InChI is InChI=1S/C19H23N5O2S/c1-11(2)8-17(25)21-16-9-14(15-6-5-7-27-15)23-24(16)19-20-13(12(3)4)10-18(26)22-19/h5-7,9-12H,8H2,1-4H3,(H,21,25)(H,20,22,26). The number of hydrogen-bond donors (Lipinski definition) is 2. The summed E-state index contributed by atoms with van der Waals surface area (Å²) in [6, 6.07) is 7.17. The lowest BCUT2D eigenvalue weighted by Crippen LogP contribution is -2.20. The molecule has 0 unspecified atom stereocenters. The molecule has 0 radical (unpaired) electrons. The van der Waals surface area contributed by atoms with Gasteiger partial charge < -0.3 is 5.32 Å². The van der Waals surface area contributed by atoms with E-state index in [9.17, 15) is 9.59 Å². The van der Waals surface area contributed by atoms with Crippen LogP contribution in [-0.4, -0.2) is 25.7 Å². The first-order valence-electron chi connectivity index (χ1n) is 8.89. The van der Waals surface area contributed by atoms with E-state index < -0.39 is 0 Å². The molecule has 0 aromatic carbocycles. The van der Waals surface area contributed by atoms with Gasteiger partial charge in [0.15, 0.2) is 0 Å². The minimum absolute atomic E-state index is 0.0948. The van der Waals surface area contributed by atoms with Crippen molar-refractivity contribution in [3.8, 4) is 16.5 Å². The smallest absolute Gasteiger partial charge is 0.252 e. The van der Waals surface area contributed by atoms with Gasteiger partial charge in [-0.15, -0.1) is 11.3 Å². The van der Waals surface area contributed by atoms with Crippen molar-refractivity contribution in [3.63, 3.8) is 0 Å². The molecular formula is C19H23N5O2S. The number of rotatable bonds is 6. The van der Waals surface area contributed by atoms with Crippen molar-refractivity contribution in [2.24, 2.45) is 5.92 Å². The molecule has 0 bridgehead atoms. The highest BCUT2D eigenvalue weighted by molar-refractivity contribution is 7.13. The van der Waals surface area contributed by atoms with E-state index in [0.29, 0.717) is 23.6 Å². The van der Waals surface area contributed by atoms with Gasteiger partial charge in [0, 0.05) is 18.6 Å². The van der Waals surface area contributed by atoms with Crippen molar-refractivity contribution in [1.82, 2.24) is 19.7 Å². The lowest BCUT2D eigenvalue weighted by Gasteiger charge is -2.11. The predicted octanol–water partition coefficient (Wildman–Crippen LogP) is 3.79. The highest BCUT2D eigenvalue weighted by Crippen LogP contribution is 2.27. The summed E-state index contributed by atoms with van der Waals surface area (Å²) in [6.07, 6.45) is 0.398. The second kappa shape index (κ2) is 7.87. The first-order valence-corrected chi connectivity index (χ1v) is 9.77. The Morgan fingerprint density at radius 1 is 1.30 bits per heavy atom. The molecule has 3 aromatic heterocycles. The quantitative estimate of drug-likeness (QED) is 0.675. The Morgan fingerprint density at radius 3 is 2.70 bits per heavy atom. The van der Waals surface area contributed by atoms with Crippen LogP contribution in [0.25, 0.3) is 16.5 Å². The fourth-order valence-corrected chi connectivity index (χ4v) is 3.28. The molecule has 7 nitrogen and oxygen atoms in total. The zero-order chi connectivity index (χ0) is 19.6. The molecule has 3 heterocycles. The number of carbonyl (C=O) groups excluding carboxylic acids is 1. The molecule has 1 amide bonds. The van der Waals surface area contributed by atoms with E-state index in [-0.39, 0.29) is 29.3 Å². The first kappa shape index (κ1) is 19.0. The van der Waals surface area contributed by atoms with Gasteiger partial charge in [0.25, 0.3) is 5.56 Å². The van der Waals surface area contributed by atoms with Crippen molar-refractivity contribution >= 4 is 23.1 Å². The van der Waals surface area contributed by atoms with Gasteiger partial charge in [-0.25, -0.2) is 4.98 Å². The van der Waals surface area contributed by atoms with Gasteiger partial charge in [0.05, 0.1) is 10.6 Å². The third kappa shape index (κ3) is 4.51. The second-order valence-corrected chi connectivity index (χ2v) is 8.05. The molecule has 27 heavy (non-hydrogen) atoms. The minimum atomic E-state index is -0.253. The molecule has 0 saturated carbocycles. The Balaban J connectivity index is 2.07. The van der Waals surface area contributed by atoms with Crippen molar-refractivity contribution in [2.45, 2.75) is 40.0 Å². The molecule has 0 aliphatic heterocycles. The highest BCUT2D eigenvalue weighted by atomic mass is 32.1. The van der Waals surface area contributed by atoms with Gasteiger partial charge in [0.1, 0.15) is 11.5 Å². The third-order valence-corrected chi connectivity index (χ3v) is 4.78. The molecule has 0 atom stereocenters. The third-order valence-electron chi connectivity index (χ3n) is 3.89. The van der Waals surface area contributed by atoms with E-state index in [4.69, 9.17) is 0 Å². The van der Waals surface area contributed by atoms with Crippen molar-refractivity contribution in [2.75, 3.05) is 5.32 Å². The summed E-state index contributed by atoms with van der Waals surface area (Å²) >= 11 is 1.55. The Morgan fingerprint density at radius 2 is 2.07 bits per heavy atom. The lowest BCUT2D eigenvalue weighted by molar-refractivity contribution is -0.116. The summed E-state index contributed by atoms with van der Waals surface area (Å²) in [5.41, 5.74) is 1.13. The summed E-state index contributed by atoms with van der Waals surface area (Å²) in [5, 5.41) is 9.43. The lowest BCUT2D eigenvalue weighted by atomic mass is 10.1. The molecule has 2 N–H and O–H groups in total. The van der Waals surface area contributed by atoms with Gasteiger partial charge in [0.2, 0.25) is 11.9 Å². The molecule has 8 heteroatoms. The Bertz CT molecular complexity index is 986. The van der Waals surface area contributed by atoms with Crippen molar-refractivity contribution in [3.05, 3.63) is 45.7 Å². The normalized spacial score (nSPS) is 11.3. The van der Waals surface area contributed by atoms with Gasteiger partial charge in [-0.2, -0.15) is 9.78 Å². The van der Waals surface area contributed by atoms with Crippen LogP contribution < -0.4 is 10.9 Å². The molecular weight excluding hydrogens is 362 g/mol. The maximum Gasteiger partial charge on any atom is 0.252 e. The fraction of sp³-hybridized carbons (Fsp3) is 0.368. The monoisotopic (exact) mass is 385 g/mol. The summed E-state index contributed by atoms with van der Waals surface area (Å²) in [7, 11) is 0. The minimum Gasteiger partial charge on any atom is -0.310 e. The van der Waals surface area contributed by atoms with Crippen molar-refractivity contribution in [1.29, 1.82) is 0 Å². The number of nitrogens with zero attached hydrogens (tertiary/aromatic N) is 3. The number of aromatic nitrogens is 4. The maximum atomic E-state index is 12.3. The maximum absolute atomic E-state index is 12.3. The number of hydrogen-bond acceptors (Lipinski definition) is 5. The Kier molecular flexibility index (Phi) is 5.55. The number of nitrogens with one attached hydrogen (secondary N) is 2. The van der Waals surface area contributed by atoms with E-state index in [0.717, 1.165) is 4.88 Å². The van der Waals surface area contributed by atoms with Crippen LogP contribution in [0.4, 0.5) is 5.82 Å². The van der Waals surface area contributed by atoms with Crippen molar-refractivity contribution < 1.29 is 4.79 Å². The topological polar surface area (TPSA) is 92.7 Å². The molecule has 0 saturated heterocycles. The molecule has 0 aliphatic carbocycles. The van der Waals surface area contributed by atoms with E-state index in [2.05, 4.69) is 20.4 Å². The van der Waals surface area contributed by atoms with E-state index in [1.807, 2.05) is 45.2 Å². The number of anilines is 1. The van der Waals surface area contributed by atoms with Gasteiger partial charge in [-0.05, 0) is 23.3 Å². The zero-order valence-corrected chi connectivity index (χ0v) is 16.6.